The lowest BCUT2D eigenvalue weighted by atomic mass is 10.5. The number of hydrogen-bond acceptors (Lipinski definition) is 5. The molecule has 0 amide bonds. The van der Waals surface area contributed by atoms with Crippen molar-refractivity contribution in [2.45, 2.75) is 11.6 Å². The maximum absolute atomic E-state index is 11.8. The first kappa shape index (κ1) is 12.3. The molecule has 0 unspecified atom stereocenters. The molecule has 2 heterocycles. The molecule has 90 valence electrons. The van der Waals surface area contributed by atoms with Crippen LogP contribution in [0.25, 0.3) is 10.8 Å². The first-order valence-corrected chi connectivity index (χ1v) is 6.63. The first-order chi connectivity index (χ1) is 8.25. The van der Waals surface area contributed by atoms with Crippen LogP contribution in [-0.4, -0.2) is 16.0 Å². The lowest BCUT2D eigenvalue weighted by Gasteiger charge is -1.90. The molecule has 0 saturated carbocycles. The van der Waals surface area contributed by atoms with Crippen LogP contribution in [0, 0.1) is 0 Å². The van der Waals surface area contributed by atoms with Crippen LogP contribution in [0.2, 0.25) is 0 Å². The van der Waals surface area contributed by atoms with E-state index >= 15 is 0 Å². The van der Waals surface area contributed by atoms with Crippen molar-refractivity contribution in [2.75, 3.05) is 5.75 Å². The summed E-state index contributed by atoms with van der Waals surface area (Å²) in [5.74, 6) is 0.957. The van der Waals surface area contributed by atoms with Crippen molar-refractivity contribution in [2.24, 2.45) is 0 Å². The summed E-state index contributed by atoms with van der Waals surface area (Å²) in [6, 6.07) is 3.78. The monoisotopic (exact) mass is 274 g/mol. The highest BCUT2D eigenvalue weighted by Crippen LogP contribution is 2.26. The zero-order valence-corrected chi connectivity index (χ0v) is 10.2. The third-order valence-electron chi connectivity index (χ3n) is 1.78. The summed E-state index contributed by atoms with van der Waals surface area (Å²) in [4.78, 5) is 0.902. The largest absolute Gasteiger partial charge is 0.410 e. The van der Waals surface area contributed by atoms with Crippen molar-refractivity contribution in [1.82, 2.24) is 10.2 Å². The Kier molecular flexibility index (Phi) is 4.27. The minimum atomic E-state index is -1.66. The van der Waals surface area contributed by atoms with E-state index in [4.69, 9.17) is 4.42 Å². The second-order valence-electron chi connectivity index (χ2n) is 2.98. The van der Waals surface area contributed by atoms with Crippen molar-refractivity contribution in [3.63, 3.8) is 0 Å². The van der Waals surface area contributed by atoms with E-state index < -0.39 is 6.08 Å². The molecule has 0 N–H and O–H groups in total. The van der Waals surface area contributed by atoms with Gasteiger partial charge in [-0.25, -0.2) is 0 Å². The average molecular weight is 274 g/mol. The Balaban J connectivity index is 1.89. The number of rotatable bonds is 5. The molecule has 0 bridgehead atoms. The molecule has 17 heavy (non-hydrogen) atoms. The fraction of sp³-hybridized carbons (Fsp3) is 0.200. The molecule has 7 heteroatoms. The van der Waals surface area contributed by atoms with E-state index in [9.17, 15) is 8.78 Å². The Morgan fingerprint density at radius 1 is 1.47 bits per heavy atom. The van der Waals surface area contributed by atoms with Crippen LogP contribution in [0.15, 0.2) is 39.3 Å². The van der Waals surface area contributed by atoms with Crippen LogP contribution < -0.4 is 0 Å². The van der Waals surface area contributed by atoms with Gasteiger partial charge in [-0.15, -0.1) is 21.5 Å². The number of thiophene rings is 1. The zero-order valence-electron chi connectivity index (χ0n) is 8.60. The number of hydrogen-bond donors (Lipinski definition) is 0. The molecule has 2 aromatic heterocycles. The number of aromatic nitrogens is 2. The Morgan fingerprint density at radius 2 is 2.35 bits per heavy atom. The summed E-state index contributed by atoms with van der Waals surface area (Å²) in [6.07, 6.45) is -0.497. The van der Waals surface area contributed by atoms with E-state index in [2.05, 4.69) is 10.2 Å². The smallest absolute Gasteiger partial charge is 0.276 e. The van der Waals surface area contributed by atoms with Gasteiger partial charge in [-0.1, -0.05) is 17.8 Å². The van der Waals surface area contributed by atoms with Crippen molar-refractivity contribution in [1.29, 1.82) is 0 Å². The van der Waals surface area contributed by atoms with Crippen molar-refractivity contribution in [3.8, 4) is 10.8 Å². The minimum absolute atomic E-state index is 0.281. The van der Waals surface area contributed by atoms with Crippen LogP contribution in [0.4, 0.5) is 8.78 Å². The second kappa shape index (κ2) is 5.92. The molecule has 0 aliphatic carbocycles. The van der Waals surface area contributed by atoms with E-state index in [-0.39, 0.29) is 6.42 Å². The molecule has 0 radical (unpaired) electrons. The van der Waals surface area contributed by atoms with E-state index in [1.165, 1.54) is 23.1 Å². The number of allylic oxidation sites excluding steroid dienone is 1. The first-order valence-electron chi connectivity index (χ1n) is 4.77. The van der Waals surface area contributed by atoms with Crippen molar-refractivity contribution >= 4 is 23.1 Å². The molecule has 2 aromatic rings. The van der Waals surface area contributed by atoms with Gasteiger partial charge in [0.25, 0.3) is 17.2 Å². The summed E-state index contributed by atoms with van der Waals surface area (Å²) in [5, 5.41) is 10.0. The molecule has 0 fully saturated rings. The second-order valence-corrected chi connectivity index (χ2v) is 4.98. The SMILES string of the molecule is FC(F)=CCCSc1nnc(-c2cccs2)o1. The molecule has 0 spiro atoms. The van der Waals surface area contributed by atoms with Crippen LogP contribution in [0.5, 0.6) is 0 Å². The molecule has 0 aliphatic heterocycles. The van der Waals surface area contributed by atoms with Crippen LogP contribution in [0.1, 0.15) is 6.42 Å². The fourth-order valence-corrected chi connectivity index (χ4v) is 2.37. The molecule has 0 saturated heterocycles. The van der Waals surface area contributed by atoms with Gasteiger partial charge >= 0.3 is 0 Å². The van der Waals surface area contributed by atoms with Gasteiger partial charge in [-0.05, 0) is 23.9 Å². The molecule has 0 aromatic carbocycles. The Labute approximate surface area is 105 Å². The van der Waals surface area contributed by atoms with Gasteiger partial charge < -0.3 is 4.42 Å². The van der Waals surface area contributed by atoms with Gasteiger partial charge in [0.05, 0.1) is 4.88 Å². The zero-order chi connectivity index (χ0) is 12.1. The minimum Gasteiger partial charge on any atom is -0.410 e. The normalized spacial score (nSPS) is 10.5. The molecule has 0 atom stereocenters. The summed E-state index contributed by atoms with van der Waals surface area (Å²) < 4.78 is 28.9. The average Bonchev–Trinajstić information content (AvgIpc) is 2.94. The Hall–Kier alpha value is -1.21. The third-order valence-corrected chi connectivity index (χ3v) is 3.49. The third kappa shape index (κ3) is 3.64. The topological polar surface area (TPSA) is 38.9 Å². The van der Waals surface area contributed by atoms with Gasteiger partial charge in [0.15, 0.2) is 0 Å². The predicted molar refractivity (Wildman–Crippen MR) is 63.3 cm³/mol. The standard InChI is InChI=1S/C10H8F2N2OS2/c11-8(12)4-2-6-17-10-14-13-9(15-10)7-3-1-5-16-7/h1,3-5H,2,6H2. The maximum Gasteiger partial charge on any atom is 0.276 e. The quantitative estimate of drug-likeness (QED) is 0.609. The number of nitrogens with zero attached hydrogens (tertiary/aromatic N) is 2. The maximum atomic E-state index is 11.8. The van der Waals surface area contributed by atoms with E-state index in [0.29, 0.717) is 16.9 Å². The van der Waals surface area contributed by atoms with Gasteiger partial charge in [-0.2, -0.15) is 8.78 Å². The highest BCUT2D eigenvalue weighted by Gasteiger charge is 2.09. The van der Waals surface area contributed by atoms with Gasteiger partial charge in [0.1, 0.15) is 0 Å². The summed E-state index contributed by atoms with van der Waals surface area (Å²) >= 11 is 2.77. The molecule has 0 aliphatic rings. The van der Waals surface area contributed by atoms with Gasteiger partial charge in [-0.3, -0.25) is 0 Å². The highest BCUT2D eigenvalue weighted by atomic mass is 32.2. The summed E-state index contributed by atoms with van der Waals surface area (Å²) in [5.41, 5.74) is 0. The lowest BCUT2D eigenvalue weighted by Crippen LogP contribution is -1.77. The molecule has 2 rings (SSSR count). The van der Waals surface area contributed by atoms with Crippen LogP contribution >= 0.6 is 23.1 Å². The molecule has 3 nitrogen and oxygen atoms in total. The van der Waals surface area contributed by atoms with Gasteiger partial charge in [0.2, 0.25) is 0 Å². The van der Waals surface area contributed by atoms with Gasteiger partial charge in [0, 0.05) is 5.75 Å². The molecular weight excluding hydrogens is 266 g/mol. The van der Waals surface area contributed by atoms with Crippen LogP contribution in [-0.2, 0) is 0 Å². The predicted octanol–water partition coefficient (Wildman–Crippen LogP) is 4.06. The number of halogens is 2. The molecular formula is C10H8F2N2OS2. The Bertz CT molecular complexity index is 492. The van der Waals surface area contributed by atoms with Crippen molar-refractivity contribution < 1.29 is 13.2 Å². The van der Waals surface area contributed by atoms with E-state index in [1.807, 2.05) is 17.5 Å². The summed E-state index contributed by atoms with van der Waals surface area (Å²) in [6.45, 7) is 0. The summed E-state index contributed by atoms with van der Waals surface area (Å²) in [7, 11) is 0. The van der Waals surface area contributed by atoms with E-state index in [0.717, 1.165) is 11.0 Å². The fourth-order valence-electron chi connectivity index (χ4n) is 1.08. The lowest BCUT2D eigenvalue weighted by molar-refractivity contribution is 0.418. The van der Waals surface area contributed by atoms with E-state index in [1.54, 1.807) is 0 Å². The number of thioether (sulfide) groups is 1. The van der Waals surface area contributed by atoms with Crippen LogP contribution in [0.3, 0.4) is 0 Å². The van der Waals surface area contributed by atoms with Crippen molar-refractivity contribution in [3.05, 3.63) is 29.7 Å². The highest BCUT2D eigenvalue weighted by molar-refractivity contribution is 7.99. The Morgan fingerprint density at radius 3 is 3.06 bits per heavy atom.